The molecule has 0 atom stereocenters. The number of benzene rings is 3. The maximum absolute atomic E-state index is 5.51. The quantitative estimate of drug-likeness (QED) is 0.374. The highest BCUT2D eigenvalue weighted by atomic mass is 32.1. The summed E-state index contributed by atoms with van der Waals surface area (Å²) in [6.07, 6.45) is 0.389. The summed E-state index contributed by atoms with van der Waals surface area (Å²) in [5, 5.41) is 11.4. The van der Waals surface area contributed by atoms with Crippen LogP contribution >= 0.6 is 12.2 Å². The van der Waals surface area contributed by atoms with Gasteiger partial charge < -0.3 is 4.52 Å². The standard InChI is InChI=1S/C24H19N5OS/c31-24-27-26-21(15-22-25-23(28-30-22)18-11-5-2-6-12-18)29(24)16-19-13-7-8-14-20(19)17-9-3-1-4-10-17/h1-14H,15-16H2,(H,27,31). The van der Waals surface area contributed by atoms with Crippen molar-refractivity contribution in [3.8, 4) is 22.5 Å². The molecule has 0 aliphatic rings. The highest BCUT2D eigenvalue weighted by Crippen LogP contribution is 2.25. The van der Waals surface area contributed by atoms with Crippen LogP contribution in [0.1, 0.15) is 17.3 Å². The van der Waals surface area contributed by atoms with Gasteiger partial charge in [-0.15, -0.1) is 0 Å². The molecule has 0 radical (unpaired) electrons. The largest absolute Gasteiger partial charge is 0.338 e. The second-order valence-electron chi connectivity index (χ2n) is 7.11. The average Bonchev–Trinajstić information content (AvgIpc) is 3.43. The van der Waals surface area contributed by atoms with E-state index in [0.29, 0.717) is 29.5 Å². The van der Waals surface area contributed by atoms with E-state index in [2.05, 4.69) is 44.6 Å². The van der Waals surface area contributed by atoms with E-state index in [-0.39, 0.29) is 0 Å². The van der Waals surface area contributed by atoms with Crippen LogP contribution in [-0.2, 0) is 13.0 Å². The highest BCUT2D eigenvalue weighted by Gasteiger charge is 2.15. The zero-order valence-corrected chi connectivity index (χ0v) is 17.4. The first kappa shape index (κ1) is 19.1. The van der Waals surface area contributed by atoms with Gasteiger partial charge in [-0.05, 0) is 28.9 Å². The minimum absolute atomic E-state index is 0.389. The lowest BCUT2D eigenvalue weighted by molar-refractivity contribution is 0.382. The number of nitrogens with zero attached hydrogens (tertiary/aromatic N) is 4. The molecule has 5 aromatic rings. The fraction of sp³-hybridized carbons (Fsp3) is 0.0833. The minimum Gasteiger partial charge on any atom is -0.338 e. The van der Waals surface area contributed by atoms with Crippen molar-refractivity contribution in [1.29, 1.82) is 0 Å². The zero-order valence-electron chi connectivity index (χ0n) is 16.6. The zero-order chi connectivity index (χ0) is 21.0. The van der Waals surface area contributed by atoms with Crippen LogP contribution in [0.3, 0.4) is 0 Å². The van der Waals surface area contributed by atoms with Crippen LogP contribution < -0.4 is 0 Å². The summed E-state index contributed by atoms with van der Waals surface area (Å²) in [6.45, 7) is 0.593. The molecule has 0 aliphatic heterocycles. The van der Waals surface area contributed by atoms with E-state index in [1.165, 1.54) is 11.1 Å². The van der Waals surface area contributed by atoms with Gasteiger partial charge in [-0.3, -0.25) is 9.67 Å². The molecule has 0 amide bonds. The van der Waals surface area contributed by atoms with Gasteiger partial charge in [0.05, 0.1) is 13.0 Å². The molecule has 2 aromatic heterocycles. The van der Waals surface area contributed by atoms with E-state index in [1.54, 1.807) is 0 Å². The molecule has 0 fully saturated rings. The van der Waals surface area contributed by atoms with Crippen molar-refractivity contribution in [3.05, 3.63) is 107 Å². The molecule has 0 saturated carbocycles. The lowest BCUT2D eigenvalue weighted by atomic mass is 10.00. The summed E-state index contributed by atoms with van der Waals surface area (Å²) in [7, 11) is 0. The van der Waals surface area contributed by atoms with E-state index in [9.17, 15) is 0 Å². The predicted molar refractivity (Wildman–Crippen MR) is 121 cm³/mol. The van der Waals surface area contributed by atoms with Gasteiger partial charge in [0, 0.05) is 5.56 Å². The van der Waals surface area contributed by atoms with Crippen molar-refractivity contribution in [3.63, 3.8) is 0 Å². The number of hydrogen-bond acceptors (Lipinski definition) is 5. The molecule has 7 heteroatoms. The molecule has 0 bridgehead atoms. The van der Waals surface area contributed by atoms with Gasteiger partial charge in [0.2, 0.25) is 11.7 Å². The fourth-order valence-corrected chi connectivity index (χ4v) is 3.76. The Morgan fingerprint density at radius 1 is 0.839 bits per heavy atom. The van der Waals surface area contributed by atoms with E-state index in [1.807, 2.05) is 65.2 Å². The van der Waals surface area contributed by atoms with Crippen LogP contribution in [0.4, 0.5) is 0 Å². The summed E-state index contributed by atoms with van der Waals surface area (Å²) < 4.78 is 8.00. The molecule has 31 heavy (non-hydrogen) atoms. The Morgan fingerprint density at radius 2 is 1.52 bits per heavy atom. The maximum atomic E-state index is 5.51. The number of rotatable bonds is 6. The number of hydrogen-bond donors (Lipinski definition) is 1. The van der Waals surface area contributed by atoms with E-state index < -0.39 is 0 Å². The van der Waals surface area contributed by atoms with Crippen molar-refractivity contribution < 1.29 is 4.52 Å². The molecule has 1 N–H and O–H groups in total. The van der Waals surface area contributed by atoms with Gasteiger partial charge in [-0.2, -0.15) is 10.1 Å². The van der Waals surface area contributed by atoms with Gasteiger partial charge in [0.25, 0.3) is 0 Å². The first-order valence-corrected chi connectivity index (χ1v) is 10.3. The van der Waals surface area contributed by atoms with E-state index in [0.717, 1.165) is 17.0 Å². The monoisotopic (exact) mass is 425 g/mol. The minimum atomic E-state index is 0.389. The molecule has 152 valence electrons. The molecule has 2 heterocycles. The Balaban J connectivity index is 1.43. The number of H-pyrrole nitrogens is 1. The molecule has 0 unspecified atom stereocenters. The molecule has 0 saturated heterocycles. The normalized spacial score (nSPS) is 11.0. The van der Waals surface area contributed by atoms with Crippen molar-refractivity contribution in [2.75, 3.05) is 0 Å². The van der Waals surface area contributed by atoms with Crippen molar-refractivity contribution in [1.82, 2.24) is 24.9 Å². The second-order valence-corrected chi connectivity index (χ2v) is 7.50. The van der Waals surface area contributed by atoms with Crippen LogP contribution in [0.2, 0.25) is 0 Å². The molecular formula is C24H19N5OS. The first-order valence-electron chi connectivity index (χ1n) is 9.93. The molecule has 0 aliphatic carbocycles. The molecule has 0 spiro atoms. The summed E-state index contributed by atoms with van der Waals surface area (Å²) >= 11 is 5.51. The van der Waals surface area contributed by atoms with Gasteiger partial charge in [-0.1, -0.05) is 90.1 Å². The second kappa shape index (κ2) is 8.49. The van der Waals surface area contributed by atoms with Crippen LogP contribution in [0, 0.1) is 4.77 Å². The van der Waals surface area contributed by atoms with Gasteiger partial charge in [0.15, 0.2) is 4.77 Å². The van der Waals surface area contributed by atoms with Crippen LogP contribution in [0.25, 0.3) is 22.5 Å². The van der Waals surface area contributed by atoms with Crippen molar-refractivity contribution >= 4 is 12.2 Å². The third kappa shape index (κ3) is 4.08. The van der Waals surface area contributed by atoms with E-state index >= 15 is 0 Å². The smallest absolute Gasteiger partial charge is 0.234 e. The van der Waals surface area contributed by atoms with Crippen molar-refractivity contribution in [2.24, 2.45) is 0 Å². The summed E-state index contributed by atoms with van der Waals surface area (Å²) in [6, 6.07) is 28.4. The summed E-state index contributed by atoms with van der Waals surface area (Å²) in [5.41, 5.74) is 4.40. The number of aromatic nitrogens is 5. The maximum Gasteiger partial charge on any atom is 0.234 e. The Kier molecular flexibility index (Phi) is 5.24. The van der Waals surface area contributed by atoms with Gasteiger partial charge in [0.1, 0.15) is 5.82 Å². The average molecular weight is 426 g/mol. The van der Waals surface area contributed by atoms with Crippen molar-refractivity contribution in [2.45, 2.75) is 13.0 Å². The van der Waals surface area contributed by atoms with Crippen LogP contribution in [-0.4, -0.2) is 24.9 Å². The highest BCUT2D eigenvalue weighted by molar-refractivity contribution is 7.71. The third-order valence-corrected chi connectivity index (χ3v) is 5.39. The Morgan fingerprint density at radius 3 is 2.29 bits per heavy atom. The molecular weight excluding hydrogens is 406 g/mol. The van der Waals surface area contributed by atoms with Gasteiger partial charge in [-0.25, -0.2) is 0 Å². The first-order chi connectivity index (χ1) is 15.3. The molecule has 3 aromatic carbocycles. The Labute approximate surface area is 184 Å². The molecule has 5 rings (SSSR count). The van der Waals surface area contributed by atoms with Gasteiger partial charge >= 0.3 is 0 Å². The predicted octanol–water partition coefficient (Wildman–Crippen LogP) is 5.30. The third-order valence-electron chi connectivity index (χ3n) is 5.08. The van der Waals surface area contributed by atoms with Crippen LogP contribution in [0.5, 0.6) is 0 Å². The lowest BCUT2D eigenvalue weighted by Crippen LogP contribution is -2.07. The Bertz CT molecular complexity index is 1360. The van der Waals surface area contributed by atoms with E-state index in [4.69, 9.17) is 16.7 Å². The number of aromatic amines is 1. The summed E-state index contributed by atoms with van der Waals surface area (Å²) in [4.78, 5) is 4.52. The topological polar surface area (TPSA) is 72.5 Å². The molecule has 6 nitrogen and oxygen atoms in total. The lowest BCUT2D eigenvalue weighted by Gasteiger charge is -2.11. The summed E-state index contributed by atoms with van der Waals surface area (Å²) in [5.74, 6) is 1.80. The number of nitrogens with one attached hydrogen (secondary N) is 1. The van der Waals surface area contributed by atoms with Crippen LogP contribution in [0.15, 0.2) is 89.5 Å². The SMILES string of the molecule is S=c1[nH]nc(Cc2nc(-c3ccccc3)no2)n1Cc1ccccc1-c1ccccc1. The Hall–Kier alpha value is -3.84. The fourth-order valence-electron chi connectivity index (χ4n) is 3.54.